The van der Waals surface area contributed by atoms with E-state index in [9.17, 15) is 4.79 Å². The maximum atomic E-state index is 9.92. The smallest absolute Gasteiger partial charge is 0.123 e. The Balaban J connectivity index is 0. The van der Waals surface area contributed by atoms with Gasteiger partial charge in [-0.3, -0.25) is 0 Å². The molecule has 1 rings (SSSR count). The fourth-order valence-corrected chi connectivity index (χ4v) is 0.742. The maximum Gasteiger partial charge on any atom is 0.123 e. The van der Waals surface area contributed by atoms with Crippen molar-refractivity contribution in [2.45, 2.75) is 46.6 Å². The summed E-state index contributed by atoms with van der Waals surface area (Å²) >= 11 is 0. The van der Waals surface area contributed by atoms with Crippen LogP contribution in [-0.4, -0.2) is 25.6 Å². The summed E-state index contributed by atoms with van der Waals surface area (Å²) in [5.41, 5.74) is 0.0417. The molecular formula is C16H28O3. The lowest BCUT2D eigenvalue weighted by molar-refractivity contribution is -0.108. The molecule has 3 nitrogen and oxygen atoms in total. The molecule has 0 radical (unpaired) electrons. The van der Waals surface area contributed by atoms with E-state index in [1.807, 2.05) is 65.0 Å². The van der Waals surface area contributed by atoms with Gasteiger partial charge in [-0.1, -0.05) is 32.0 Å². The quantitative estimate of drug-likeness (QED) is 0.609. The van der Waals surface area contributed by atoms with Crippen molar-refractivity contribution in [2.75, 3.05) is 13.7 Å². The highest BCUT2D eigenvalue weighted by molar-refractivity contribution is 5.49. The van der Waals surface area contributed by atoms with Crippen LogP contribution >= 0.6 is 0 Å². The van der Waals surface area contributed by atoms with Crippen LogP contribution < -0.4 is 4.74 Å². The minimum atomic E-state index is 0.0417. The third-order valence-electron chi connectivity index (χ3n) is 1.86. The molecule has 1 aromatic rings. The Bertz CT molecular complexity index is 289. The molecule has 0 spiro atoms. The van der Waals surface area contributed by atoms with Gasteiger partial charge < -0.3 is 14.3 Å². The lowest BCUT2D eigenvalue weighted by Gasteiger charge is -2.14. The topological polar surface area (TPSA) is 35.5 Å². The van der Waals surface area contributed by atoms with Gasteiger partial charge in [0.2, 0.25) is 0 Å². The van der Waals surface area contributed by atoms with Crippen LogP contribution in [0.5, 0.6) is 5.75 Å². The van der Waals surface area contributed by atoms with Crippen molar-refractivity contribution < 1.29 is 14.3 Å². The summed E-state index contributed by atoms with van der Waals surface area (Å²) in [7, 11) is 1.71. The Labute approximate surface area is 117 Å². The number of ether oxygens (including phenoxy) is 2. The highest BCUT2D eigenvalue weighted by Crippen LogP contribution is 2.07. The number of carbonyl (C=O) groups excluding carboxylic acids is 1. The zero-order valence-electron chi connectivity index (χ0n) is 13.1. The van der Waals surface area contributed by atoms with Crippen LogP contribution in [0.25, 0.3) is 0 Å². The van der Waals surface area contributed by atoms with Crippen molar-refractivity contribution in [1.29, 1.82) is 0 Å². The fraction of sp³-hybridized carbons (Fsp3) is 0.562. The number of aldehydes is 1. The molecule has 1 aromatic carbocycles. The van der Waals surface area contributed by atoms with Gasteiger partial charge >= 0.3 is 0 Å². The van der Waals surface area contributed by atoms with Crippen molar-refractivity contribution in [3.05, 3.63) is 30.3 Å². The Morgan fingerprint density at radius 2 is 1.58 bits per heavy atom. The van der Waals surface area contributed by atoms with E-state index in [0.717, 1.165) is 12.0 Å². The SMILES string of the molecule is CC.COC(C)(C)C.O=CCCOc1ccccc1. The minimum absolute atomic E-state index is 0.0417. The molecule has 0 amide bonds. The van der Waals surface area contributed by atoms with Gasteiger partial charge in [0.1, 0.15) is 12.0 Å². The van der Waals surface area contributed by atoms with Crippen molar-refractivity contribution in [2.24, 2.45) is 0 Å². The molecule has 0 heterocycles. The second-order valence-corrected chi connectivity index (χ2v) is 4.43. The molecule has 0 aliphatic rings. The summed E-state index contributed by atoms with van der Waals surface area (Å²) < 4.78 is 10.2. The van der Waals surface area contributed by atoms with Gasteiger partial charge in [-0.25, -0.2) is 0 Å². The first-order valence-electron chi connectivity index (χ1n) is 6.66. The first kappa shape index (κ1) is 20.0. The van der Waals surface area contributed by atoms with Crippen LogP contribution in [-0.2, 0) is 9.53 Å². The summed E-state index contributed by atoms with van der Waals surface area (Å²) in [4.78, 5) is 9.92. The highest BCUT2D eigenvalue weighted by Gasteiger charge is 2.04. The first-order valence-corrected chi connectivity index (χ1v) is 6.66. The van der Waals surface area contributed by atoms with Crippen molar-refractivity contribution in [3.63, 3.8) is 0 Å². The molecule has 0 saturated heterocycles. The summed E-state index contributed by atoms with van der Waals surface area (Å²) in [6.45, 7) is 10.5. The maximum absolute atomic E-state index is 9.92. The van der Waals surface area contributed by atoms with Gasteiger partial charge in [0.15, 0.2) is 0 Å². The van der Waals surface area contributed by atoms with Crippen molar-refractivity contribution in [3.8, 4) is 5.75 Å². The Morgan fingerprint density at radius 3 is 1.95 bits per heavy atom. The Morgan fingerprint density at radius 1 is 1.11 bits per heavy atom. The average Bonchev–Trinajstić information content (AvgIpc) is 2.42. The van der Waals surface area contributed by atoms with Crippen LogP contribution in [0.1, 0.15) is 41.0 Å². The molecule has 0 saturated carbocycles. The molecular weight excluding hydrogens is 240 g/mol. The molecule has 0 fully saturated rings. The minimum Gasteiger partial charge on any atom is -0.493 e. The predicted octanol–water partition coefficient (Wildman–Crippen LogP) is 4.11. The summed E-state index contributed by atoms with van der Waals surface area (Å²) in [6.07, 6.45) is 1.30. The largest absolute Gasteiger partial charge is 0.493 e. The van der Waals surface area contributed by atoms with Crippen LogP contribution in [0.3, 0.4) is 0 Å². The number of rotatable bonds is 4. The second kappa shape index (κ2) is 13.1. The van der Waals surface area contributed by atoms with Gasteiger partial charge in [-0.2, -0.15) is 0 Å². The number of hydrogen-bond donors (Lipinski definition) is 0. The molecule has 0 aliphatic carbocycles. The lowest BCUT2D eigenvalue weighted by atomic mass is 10.2. The van der Waals surface area contributed by atoms with E-state index in [1.165, 1.54) is 0 Å². The highest BCUT2D eigenvalue weighted by atomic mass is 16.5. The Hall–Kier alpha value is -1.35. The van der Waals surface area contributed by atoms with Gasteiger partial charge in [0.25, 0.3) is 0 Å². The predicted molar refractivity (Wildman–Crippen MR) is 80.7 cm³/mol. The summed E-state index contributed by atoms with van der Waals surface area (Å²) in [5.74, 6) is 0.814. The van der Waals surface area contributed by atoms with Gasteiger partial charge in [0, 0.05) is 13.5 Å². The van der Waals surface area contributed by atoms with E-state index in [1.54, 1.807) is 7.11 Å². The molecule has 3 heteroatoms. The van der Waals surface area contributed by atoms with Crippen LogP contribution in [0.15, 0.2) is 30.3 Å². The van der Waals surface area contributed by atoms with Crippen LogP contribution in [0, 0.1) is 0 Å². The lowest BCUT2D eigenvalue weighted by Crippen LogP contribution is -2.15. The van der Waals surface area contributed by atoms with E-state index in [2.05, 4.69) is 0 Å². The normalized spacial score (nSPS) is 9.37. The van der Waals surface area contributed by atoms with E-state index in [-0.39, 0.29) is 5.60 Å². The zero-order chi connectivity index (χ0) is 15.1. The monoisotopic (exact) mass is 268 g/mol. The van der Waals surface area contributed by atoms with Crippen molar-refractivity contribution in [1.82, 2.24) is 0 Å². The molecule has 0 aromatic heterocycles. The molecule has 19 heavy (non-hydrogen) atoms. The van der Waals surface area contributed by atoms with E-state index >= 15 is 0 Å². The molecule has 0 bridgehead atoms. The van der Waals surface area contributed by atoms with E-state index in [4.69, 9.17) is 9.47 Å². The molecule has 110 valence electrons. The van der Waals surface area contributed by atoms with Gasteiger partial charge in [-0.15, -0.1) is 0 Å². The zero-order valence-corrected chi connectivity index (χ0v) is 13.1. The summed E-state index contributed by atoms with van der Waals surface area (Å²) in [6, 6.07) is 9.45. The number of benzene rings is 1. The number of methoxy groups -OCH3 is 1. The standard InChI is InChI=1S/C9H10O2.C5H12O.C2H6/c10-7-4-8-11-9-5-2-1-3-6-9;1-5(2,3)6-4;1-2/h1-3,5-7H,4,8H2;1-4H3;1-2H3. The third kappa shape index (κ3) is 16.6. The van der Waals surface area contributed by atoms with Gasteiger partial charge in [-0.05, 0) is 32.9 Å². The van der Waals surface area contributed by atoms with Gasteiger partial charge in [0.05, 0.1) is 12.2 Å². The van der Waals surface area contributed by atoms with Crippen LogP contribution in [0.2, 0.25) is 0 Å². The molecule has 0 aliphatic heterocycles. The summed E-state index contributed by atoms with van der Waals surface area (Å²) in [5, 5.41) is 0. The second-order valence-electron chi connectivity index (χ2n) is 4.43. The van der Waals surface area contributed by atoms with Crippen molar-refractivity contribution >= 4 is 6.29 Å². The fourth-order valence-electron chi connectivity index (χ4n) is 0.742. The Kier molecular flexibility index (Phi) is 13.8. The molecule has 0 unspecified atom stereocenters. The van der Waals surface area contributed by atoms with E-state index < -0.39 is 0 Å². The van der Waals surface area contributed by atoms with E-state index in [0.29, 0.717) is 13.0 Å². The first-order chi connectivity index (χ1) is 8.99. The molecule has 0 atom stereocenters. The number of carbonyl (C=O) groups is 1. The average molecular weight is 268 g/mol. The molecule has 0 N–H and O–H groups in total. The number of hydrogen-bond acceptors (Lipinski definition) is 3. The van der Waals surface area contributed by atoms with Crippen LogP contribution in [0.4, 0.5) is 0 Å². The number of para-hydroxylation sites is 1. The third-order valence-corrected chi connectivity index (χ3v) is 1.86.